The molecule has 5 heteroatoms. The monoisotopic (exact) mass is 283 g/mol. The molecule has 0 aliphatic rings. The molecule has 86 valence electrons. The minimum Gasteiger partial charge on any atom is -0.384 e. The third-order valence-electron chi connectivity index (χ3n) is 2.38. The number of aryl methyl sites for hydroxylation is 1. The lowest BCUT2D eigenvalue weighted by atomic mass is 10.2. The lowest BCUT2D eigenvalue weighted by Gasteiger charge is -2.10. The van der Waals surface area contributed by atoms with E-state index >= 15 is 0 Å². The van der Waals surface area contributed by atoms with Gasteiger partial charge in [0, 0.05) is 24.1 Å². The minimum atomic E-state index is 0.298. The average Bonchev–Trinajstić information content (AvgIpc) is 2.65. The van der Waals surface area contributed by atoms with Gasteiger partial charge in [-0.3, -0.25) is 0 Å². The Hall–Kier alpha value is -0.940. The average molecular weight is 284 g/mol. The zero-order valence-corrected chi connectivity index (χ0v) is 10.9. The van der Waals surface area contributed by atoms with Crippen molar-refractivity contribution in [2.24, 2.45) is 0 Å². The summed E-state index contributed by atoms with van der Waals surface area (Å²) in [6.45, 7) is 2.75. The van der Waals surface area contributed by atoms with Gasteiger partial charge in [0.2, 0.25) is 0 Å². The van der Waals surface area contributed by atoms with Crippen LogP contribution < -0.4 is 0 Å². The van der Waals surface area contributed by atoms with E-state index in [4.69, 9.17) is 4.74 Å². The van der Waals surface area contributed by atoms with Crippen molar-refractivity contribution in [2.45, 2.75) is 18.2 Å². The molecule has 4 nitrogen and oxygen atoms in total. The molecule has 0 fully saturated rings. The van der Waals surface area contributed by atoms with Gasteiger partial charge in [0.15, 0.2) is 5.65 Å². The fourth-order valence-electron chi connectivity index (χ4n) is 1.75. The Labute approximate surface area is 103 Å². The molecule has 0 aliphatic carbocycles. The van der Waals surface area contributed by atoms with Gasteiger partial charge in [-0.1, -0.05) is 15.9 Å². The van der Waals surface area contributed by atoms with Crippen LogP contribution in [-0.2, 0) is 11.2 Å². The van der Waals surface area contributed by atoms with Gasteiger partial charge in [0.1, 0.15) is 6.33 Å². The maximum atomic E-state index is 5.11. The number of hydrogen-bond donors (Lipinski definition) is 0. The van der Waals surface area contributed by atoms with Crippen molar-refractivity contribution in [1.29, 1.82) is 0 Å². The molecule has 0 spiro atoms. The molecular formula is C11H14BrN3O. The number of aromatic nitrogens is 3. The summed E-state index contributed by atoms with van der Waals surface area (Å²) < 4.78 is 6.98. The summed E-state index contributed by atoms with van der Waals surface area (Å²) in [5.74, 6) is 0. The largest absolute Gasteiger partial charge is 0.384 e. The number of nitrogens with zero attached hydrogens (tertiary/aromatic N) is 3. The van der Waals surface area contributed by atoms with Gasteiger partial charge in [-0.15, -0.1) is 0 Å². The van der Waals surface area contributed by atoms with Crippen LogP contribution in [0.1, 0.15) is 11.3 Å². The van der Waals surface area contributed by atoms with Crippen LogP contribution in [0.3, 0.4) is 0 Å². The summed E-state index contributed by atoms with van der Waals surface area (Å²) in [4.78, 5) is 4.50. The molecule has 1 unspecified atom stereocenters. The second-order valence-electron chi connectivity index (χ2n) is 3.81. The van der Waals surface area contributed by atoms with Crippen molar-refractivity contribution in [3.63, 3.8) is 0 Å². The second kappa shape index (κ2) is 4.93. The maximum absolute atomic E-state index is 5.11. The predicted molar refractivity (Wildman–Crippen MR) is 66.0 cm³/mol. The number of hydrogen-bond acceptors (Lipinski definition) is 3. The molecule has 2 rings (SSSR count). The van der Waals surface area contributed by atoms with Gasteiger partial charge in [-0.25, -0.2) is 9.50 Å². The first kappa shape index (κ1) is 11.5. The molecule has 16 heavy (non-hydrogen) atoms. The lowest BCUT2D eigenvalue weighted by molar-refractivity contribution is 0.200. The Morgan fingerprint density at radius 2 is 2.31 bits per heavy atom. The van der Waals surface area contributed by atoms with Crippen LogP contribution in [0.15, 0.2) is 18.5 Å². The molecule has 0 saturated carbocycles. The minimum absolute atomic E-state index is 0.298. The standard InChI is InChI=1S/C11H14BrN3O/c1-8-3-10(5-9(12)6-16-2)15-11(4-8)13-7-14-15/h3-4,7,9H,5-6H2,1-2H3. The van der Waals surface area contributed by atoms with E-state index in [1.807, 2.05) is 10.6 Å². The van der Waals surface area contributed by atoms with Crippen molar-refractivity contribution in [1.82, 2.24) is 14.6 Å². The van der Waals surface area contributed by atoms with Crippen LogP contribution in [0.2, 0.25) is 0 Å². The van der Waals surface area contributed by atoms with Crippen LogP contribution >= 0.6 is 15.9 Å². The summed E-state index contributed by atoms with van der Waals surface area (Å²) in [5.41, 5.74) is 3.24. The quantitative estimate of drug-likeness (QED) is 0.806. The Morgan fingerprint density at radius 3 is 3.06 bits per heavy atom. The van der Waals surface area contributed by atoms with E-state index in [1.54, 1.807) is 13.4 Å². The molecule has 0 N–H and O–H groups in total. The summed E-state index contributed by atoms with van der Waals surface area (Å²) in [6.07, 6.45) is 2.45. The van der Waals surface area contributed by atoms with Crippen LogP contribution in [0.4, 0.5) is 0 Å². The van der Waals surface area contributed by atoms with E-state index in [1.165, 1.54) is 5.56 Å². The molecule has 0 aromatic carbocycles. The molecule has 2 aromatic heterocycles. The van der Waals surface area contributed by atoms with E-state index in [0.29, 0.717) is 11.4 Å². The van der Waals surface area contributed by atoms with Gasteiger partial charge in [-0.05, 0) is 24.6 Å². The highest BCUT2D eigenvalue weighted by molar-refractivity contribution is 9.09. The smallest absolute Gasteiger partial charge is 0.155 e. The summed E-state index contributed by atoms with van der Waals surface area (Å²) in [6, 6.07) is 4.15. The number of fused-ring (bicyclic) bond motifs is 1. The highest BCUT2D eigenvalue weighted by Crippen LogP contribution is 2.14. The normalized spacial score (nSPS) is 13.2. The van der Waals surface area contributed by atoms with E-state index < -0.39 is 0 Å². The van der Waals surface area contributed by atoms with Crippen molar-refractivity contribution < 1.29 is 4.74 Å². The Morgan fingerprint density at radius 1 is 1.50 bits per heavy atom. The topological polar surface area (TPSA) is 39.4 Å². The Bertz CT molecular complexity index is 483. The number of methoxy groups -OCH3 is 1. The number of pyridine rings is 1. The van der Waals surface area contributed by atoms with E-state index in [-0.39, 0.29) is 0 Å². The lowest BCUT2D eigenvalue weighted by Crippen LogP contribution is -2.13. The van der Waals surface area contributed by atoms with Crippen molar-refractivity contribution >= 4 is 21.6 Å². The zero-order valence-electron chi connectivity index (χ0n) is 9.35. The van der Waals surface area contributed by atoms with Gasteiger partial charge >= 0.3 is 0 Å². The van der Waals surface area contributed by atoms with Crippen molar-refractivity contribution in [2.75, 3.05) is 13.7 Å². The molecule has 0 saturated heterocycles. The molecule has 2 heterocycles. The number of alkyl halides is 1. The predicted octanol–water partition coefficient (Wildman–Crippen LogP) is 1.99. The second-order valence-corrected chi connectivity index (χ2v) is 5.11. The van der Waals surface area contributed by atoms with Crippen LogP contribution in [0, 0.1) is 6.92 Å². The fourth-order valence-corrected chi connectivity index (χ4v) is 2.35. The maximum Gasteiger partial charge on any atom is 0.155 e. The first-order valence-electron chi connectivity index (χ1n) is 5.13. The van der Waals surface area contributed by atoms with Crippen LogP contribution in [0.25, 0.3) is 5.65 Å². The molecule has 0 amide bonds. The van der Waals surface area contributed by atoms with Gasteiger partial charge < -0.3 is 4.74 Å². The third-order valence-corrected chi connectivity index (χ3v) is 2.96. The van der Waals surface area contributed by atoms with E-state index in [2.05, 4.69) is 39.0 Å². The highest BCUT2D eigenvalue weighted by Gasteiger charge is 2.10. The molecule has 2 aromatic rings. The molecular weight excluding hydrogens is 270 g/mol. The van der Waals surface area contributed by atoms with Gasteiger partial charge in [0.25, 0.3) is 0 Å². The number of halogens is 1. The van der Waals surface area contributed by atoms with Crippen LogP contribution in [-0.4, -0.2) is 33.1 Å². The molecule has 1 atom stereocenters. The SMILES string of the molecule is COCC(Br)Cc1cc(C)cc2ncnn12. The highest BCUT2D eigenvalue weighted by atomic mass is 79.9. The zero-order chi connectivity index (χ0) is 11.5. The number of rotatable bonds is 4. The molecule has 0 bridgehead atoms. The first-order chi connectivity index (χ1) is 7.70. The van der Waals surface area contributed by atoms with E-state index in [9.17, 15) is 0 Å². The number of ether oxygens (including phenoxy) is 1. The fraction of sp³-hybridized carbons (Fsp3) is 0.455. The van der Waals surface area contributed by atoms with E-state index in [0.717, 1.165) is 17.8 Å². The van der Waals surface area contributed by atoms with Crippen molar-refractivity contribution in [3.8, 4) is 0 Å². The Balaban J connectivity index is 2.31. The molecule has 0 radical (unpaired) electrons. The molecule has 0 aliphatic heterocycles. The van der Waals surface area contributed by atoms with Gasteiger partial charge in [0.05, 0.1) is 6.61 Å². The summed E-state index contributed by atoms with van der Waals surface area (Å²) in [5, 5.41) is 4.22. The first-order valence-corrected chi connectivity index (χ1v) is 6.04. The Kier molecular flexibility index (Phi) is 3.56. The summed E-state index contributed by atoms with van der Waals surface area (Å²) >= 11 is 3.59. The third kappa shape index (κ3) is 2.41. The van der Waals surface area contributed by atoms with Crippen LogP contribution in [0.5, 0.6) is 0 Å². The van der Waals surface area contributed by atoms with Gasteiger partial charge in [-0.2, -0.15) is 5.10 Å². The van der Waals surface area contributed by atoms with Crippen molar-refractivity contribution in [3.05, 3.63) is 29.7 Å². The summed E-state index contributed by atoms with van der Waals surface area (Å²) in [7, 11) is 1.70.